The molecular weight excluding hydrogens is 250 g/mol. The summed E-state index contributed by atoms with van der Waals surface area (Å²) >= 11 is 0. The van der Waals surface area contributed by atoms with E-state index in [1.54, 1.807) is 0 Å². The van der Waals surface area contributed by atoms with E-state index in [-0.39, 0.29) is 17.7 Å². The van der Waals surface area contributed by atoms with Crippen LogP contribution in [0.25, 0.3) is 0 Å². The summed E-state index contributed by atoms with van der Waals surface area (Å²) in [5.41, 5.74) is 9.11. The third-order valence-electron chi connectivity index (χ3n) is 4.24. The number of fused-ring (bicyclic) bond motifs is 1. The number of rotatable bonds is 3. The van der Waals surface area contributed by atoms with Crippen molar-refractivity contribution in [1.82, 2.24) is 0 Å². The number of hydrogen-bond acceptors (Lipinski definition) is 3. The fourth-order valence-electron chi connectivity index (χ4n) is 3.01. The molecule has 2 aliphatic rings. The van der Waals surface area contributed by atoms with Gasteiger partial charge >= 0.3 is 0 Å². The molecule has 20 heavy (non-hydrogen) atoms. The molecule has 0 aromatic heterocycles. The maximum absolute atomic E-state index is 12.5. The minimum atomic E-state index is -0.0744. The smallest absolute Gasteiger partial charge is 0.231 e. The average molecular weight is 269 g/mol. The number of benzene rings is 1. The Balaban J connectivity index is 1.83. The van der Waals surface area contributed by atoms with E-state index < -0.39 is 0 Å². The quantitative estimate of drug-likeness (QED) is 0.906. The summed E-state index contributed by atoms with van der Waals surface area (Å²) in [5.74, 6) is -0.0110. The van der Waals surface area contributed by atoms with Crippen LogP contribution in [0.4, 0.5) is 5.69 Å². The highest BCUT2D eigenvalue weighted by atomic mass is 16.2. The fourth-order valence-corrected chi connectivity index (χ4v) is 3.01. The third kappa shape index (κ3) is 2.30. The van der Waals surface area contributed by atoms with Gasteiger partial charge in [-0.3, -0.25) is 4.79 Å². The summed E-state index contributed by atoms with van der Waals surface area (Å²) in [6.07, 6.45) is 3.62. The SMILES string of the molecule is N#C[C@@H]1C[C@H]1C(=O)N1CCCc2cc(CCN)ccc21. The van der Waals surface area contributed by atoms with Crippen LogP contribution in [0.2, 0.25) is 0 Å². The number of anilines is 1. The second-order valence-corrected chi connectivity index (χ2v) is 5.67. The standard InChI is InChI=1S/C16H19N3O/c17-6-5-11-3-4-15-12(8-11)2-1-7-19(15)16(20)14-9-13(14)10-18/h3-4,8,13-14H,1-2,5-7,9,17H2/t13-,14+/m0/s1. The highest BCUT2D eigenvalue weighted by Crippen LogP contribution is 2.41. The Morgan fingerprint density at radius 3 is 3.05 bits per heavy atom. The number of carbonyl (C=O) groups excluding carboxylic acids is 1. The zero-order valence-corrected chi connectivity index (χ0v) is 11.5. The number of hydrogen-bond donors (Lipinski definition) is 1. The van der Waals surface area contributed by atoms with Crippen LogP contribution in [-0.4, -0.2) is 19.0 Å². The van der Waals surface area contributed by atoms with Crippen LogP contribution in [0, 0.1) is 23.2 Å². The number of aryl methyl sites for hydroxylation is 1. The Bertz CT molecular complexity index is 576. The topological polar surface area (TPSA) is 70.1 Å². The molecule has 1 aliphatic heterocycles. The predicted molar refractivity (Wildman–Crippen MR) is 77.1 cm³/mol. The van der Waals surface area contributed by atoms with Gasteiger partial charge in [-0.2, -0.15) is 5.26 Å². The molecule has 1 saturated carbocycles. The van der Waals surface area contributed by atoms with Gasteiger partial charge in [0.2, 0.25) is 5.91 Å². The third-order valence-corrected chi connectivity index (χ3v) is 4.24. The van der Waals surface area contributed by atoms with Gasteiger partial charge in [-0.15, -0.1) is 0 Å². The number of nitrogens with two attached hydrogens (primary N) is 1. The molecule has 4 heteroatoms. The lowest BCUT2D eigenvalue weighted by Crippen LogP contribution is -2.37. The van der Waals surface area contributed by atoms with Gasteiger partial charge in [0.05, 0.1) is 17.9 Å². The predicted octanol–water partition coefficient (Wildman–Crippen LogP) is 1.63. The van der Waals surface area contributed by atoms with Crippen molar-refractivity contribution in [1.29, 1.82) is 5.26 Å². The minimum Gasteiger partial charge on any atom is -0.330 e. The van der Waals surface area contributed by atoms with E-state index in [0.29, 0.717) is 6.54 Å². The van der Waals surface area contributed by atoms with E-state index in [9.17, 15) is 4.79 Å². The van der Waals surface area contributed by atoms with Crippen molar-refractivity contribution in [2.24, 2.45) is 17.6 Å². The Morgan fingerprint density at radius 2 is 2.35 bits per heavy atom. The lowest BCUT2D eigenvalue weighted by molar-refractivity contribution is -0.120. The zero-order valence-electron chi connectivity index (χ0n) is 11.5. The molecule has 2 atom stereocenters. The minimum absolute atomic E-state index is 0.0654. The largest absolute Gasteiger partial charge is 0.330 e. The molecule has 1 fully saturated rings. The molecule has 0 saturated heterocycles. The van der Waals surface area contributed by atoms with Crippen molar-refractivity contribution < 1.29 is 4.79 Å². The van der Waals surface area contributed by atoms with Crippen LogP contribution in [0.5, 0.6) is 0 Å². The first-order chi connectivity index (χ1) is 9.74. The number of amides is 1. The lowest BCUT2D eigenvalue weighted by Gasteiger charge is -2.30. The molecule has 1 aromatic carbocycles. The fraction of sp³-hybridized carbons (Fsp3) is 0.500. The Morgan fingerprint density at radius 1 is 1.50 bits per heavy atom. The summed E-state index contributed by atoms with van der Waals surface area (Å²) in [6.45, 7) is 1.42. The van der Waals surface area contributed by atoms with Gasteiger partial charge in [-0.25, -0.2) is 0 Å². The Kier molecular flexibility index (Phi) is 3.45. The molecule has 1 aliphatic carbocycles. The molecule has 0 bridgehead atoms. The van der Waals surface area contributed by atoms with Gasteiger partial charge in [-0.1, -0.05) is 12.1 Å². The van der Waals surface area contributed by atoms with E-state index in [4.69, 9.17) is 11.0 Å². The van der Waals surface area contributed by atoms with Gasteiger partial charge in [0.15, 0.2) is 0 Å². The van der Waals surface area contributed by atoms with Crippen LogP contribution in [0.3, 0.4) is 0 Å². The Labute approximate surface area is 119 Å². The maximum atomic E-state index is 12.5. The summed E-state index contributed by atoms with van der Waals surface area (Å²) in [4.78, 5) is 14.3. The summed E-state index contributed by atoms with van der Waals surface area (Å²) in [7, 11) is 0. The van der Waals surface area contributed by atoms with Crippen LogP contribution in [0.1, 0.15) is 24.0 Å². The van der Waals surface area contributed by atoms with Crippen molar-refractivity contribution in [3.05, 3.63) is 29.3 Å². The van der Waals surface area contributed by atoms with Gasteiger partial charge in [0.1, 0.15) is 0 Å². The highest BCUT2D eigenvalue weighted by molar-refractivity contribution is 5.98. The van der Waals surface area contributed by atoms with Crippen molar-refractivity contribution in [2.45, 2.75) is 25.7 Å². The molecule has 1 aromatic rings. The second kappa shape index (κ2) is 5.26. The molecule has 0 spiro atoms. The van der Waals surface area contributed by atoms with E-state index in [2.05, 4.69) is 18.2 Å². The summed E-state index contributed by atoms with van der Waals surface area (Å²) < 4.78 is 0. The monoisotopic (exact) mass is 269 g/mol. The summed E-state index contributed by atoms with van der Waals surface area (Å²) in [6, 6.07) is 8.48. The van der Waals surface area contributed by atoms with Gasteiger partial charge in [0.25, 0.3) is 0 Å². The van der Waals surface area contributed by atoms with E-state index in [1.807, 2.05) is 11.0 Å². The first kappa shape index (κ1) is 13.1. The van der Waals surface area contributed by atoms with Crippen LogP contribution < -0.4 is 10.6 Å². The molecule has 104 valence electrons. The van der Waals surface area contributed by atoms with Crippen molar-refractivity contribution in [2.75, 3.05) is 18.0 Å². The normalized spacial score (nSPS) is 23.9. The zero-order chi connectivity index (χ0) is 14.1. The van der Waals surface area contributed by atoms with E-state index in [1.165, 1.54) is 11.1 Å². The maximum Gasteiger partial charge on any atom is 0.231 e. The average Bonchev–Trinajstić information content (AvgIpc) is 3.25. The number of nitriles is 1. The van der Waals surface area contributed by atoms with Crippen LogP contribution in [-0.2, 0) is 17.6 Å². The molecule has 0 unspecified atom stereocenters. The lowest BCUT2D eigenvalue weighted by atomic mass is 9.97. The molecule has 2 N–H and O–H groups in total. The molecular formula is C16H19N3O. The Hall–Kier alpha value is -1.86. The van der Waals surface area contributed by atoms with Crippen molar-refractivity contribution >= 4 is 11.6 Å². The number of nitrogens with zero attached hydrogens (tertiary/aromatic N) is 2. The van der Waals surface area contributed by atoms with E-state index in [0.717, 1.165) is 37.9 Å². The summed E-state index contributed by atoms with van der Waals surface area (Å²) in [5, 5.41) is 8.88. The molecule has 1 amide bonds. The van der Waals surface area contributed by atoms with E-state index >= 15 is 0 Å². The van der Waals surface area contributed by atoms with Crippen LogP contribution in [0.15, 0.2) is 18.2 Å². The molecule has 0 radical (unpaired) electrons. The van der Waals surface area contributed by atoms with Crippen molar-refractivity contribution in [3.8, 4) is 6.07 Å². The van der Waals surface area contributed by atoms with Gasteiger partial charge in [0, 0.05) is 12.2 Å². The highest BCUT2D eigenvalue weighted by Gasteiger charge is 2.46. The number of carbonyl (C=O) groups is 1. The van der Waals surface area contributed by atoms with Crippen molar-refractivity contribution in [3.63, 3.8) is 0 Å². The first-order valence-corrected chi connectivity index (χ1v) is 7.27. The van der Waals surface area contributed by atoms with Crippen LogP contribution >= 0.6 is 0 Å². The van der Waals surface area contributed by atoms with Gasteiger partial charge in [-0.05, 0) is 49.4 Å². The molecule has 3 rings (SSSR count). The van der Waals surface area contributed by atoms with Gasteiger partial charge < -0.3 is 10.6 Å². The molecule has 1 heterocycles. The second-order valence-electron chi connectivity index (χ2n) is 5.67. The molecule has 4 nitrogen and oxygen atoms in total. The first-order valence-electron chi connectivity index (χ1n) is 7.27.